The van der Waals surface area contributed by atoms with Gasteiger partial charge in [-0.3, -0.25) is 0 Å². The average Bonchev–Trinajstić information content (AvgIpc) is 2.70. The first-order chi connectivity index (χ1) is 13.8. The summed E-state index contributed by atoms with van der Waals surface area (Å²) in [5.74, 6) is -4.29. The van der Waals surface area contributed by atoms with Crippen molar-refractivity contribution in [1.29, 1.82) is 0 Å². The van der Waals surface area contributed by atoms with Gasteiger partial charge in [-0.05, 0) is 0 Å². The smallest absolute Gasteiger partial charge is 0.452 e. The Kier molecular flexibility index (Phi) is 13.5. The molecule has 0 aliphatic heterocycles. The van der Waals surface area contributed by atoms with Crippen LogP contribution in [0, 0.1) is 0 Å². The minimum Gasteiger partial charge on any atom is -0.452 e. The fraction of sp³-hybridized carbons (Fsp3) is 0.538. The van der Waals surface area contributed by atoms with Gasteiger partial charge in [0.25, 0.3) is 0 Å². The monoisotopic (exact) mass is 428 g/mol. The molecule has 0 spiro atoms. The number of hydrogen-bond donors (Lipinski definition) is 2. The Morgan fingerprint density at radius 1 is 0.448 bits per heavy atom. The quantitative estimate of drug-likeness (QED) is 0.184. The number of ether oxygens (including phenoxy) is 8. The summed E-state index contributed by atoms with van der Waals surface area (Å²) >= 11 is 0. The van der Waals surface area contributed by atoms with Crippen LogP contribution in [-0.4, -0.2) is 93.2 Å². The molecule has 0 aliphatic carbocycles. The first-order valence-electron chi connectivity index (χ1n) is 7.21. The van der Waals surface area contributed by atoms with E-state index in [0.29, 0.717) is 0 Å². The average molecular weight is 428 g/mol. The first-order valence-corrected chi connectivity index (χ1v) is 7.21. The highest BCUT2D eigenvalue weighted by atomic mass is 16.9. The van der Waals surface area contributed by atoms with Gasteiger partial charge in [-0.25, -0.2) is 28.8 Å². The Morgan fingerprint density at radius 3 is 1.07 bits per heavy atom. The van der Waals surface area contributed by atoms with E-state index >= 15 is 0 Å². The second kappa shape index (κ2) is 15.4. The molecular formula is C13H16O16. The Labute approximate surface area is 161 Å². The lowest BCUT2D eigenvalue weighted by Gasteiger charge is -2.08. The first kappa shape index (κ1) is 25.3. The van der Waals surface area contributed by atoms with Crippen molar-refractivity contribution in [1.82, 2.24) is 0 Å². The summed E-state index contributed by atoms with van der Waals surface area (Å²) in [5.41, 5.74) is 0. The molecule has 0 fully saturated rings. The maximum atomic E-state index is 11.1. The molecular weight excluding hydrogens is 412 g/mol. The van der Waals surface area contributed by atoms with Crippen LogP contribution < -0.4 is 0 Å². The summed E-state index contributed by atoms with van der Waals surface area (Å²) in [4.78, 5) is 65.2. The van der Waals surface area contributed by atoms with Gasteiger partial charge in [-0.2, -0.15) is 0 Å². The van der Waals surface area contributed by atoms with Crippen LogP contribution in [0.25, 0.3) is 0 Å². The fourth-order valence-electron chi connectivity index (χ4n) is 0.949. The molecule has 0 aliphatic rings. The molecule has 0 aromatic carbocycles. The molecule has 0 amide bonds. The van der Waals surface area contributed by atoms with E-state index in [9.17, 15) is 28.8 Å². The molecule has 0 aromatic rings. The molecule has 0 heterocycles. The van der Waals surface area contributed by atoms with Crippen molar-refractivity contribution in [3.05, 3.63) is 0 Å². The third-order valence-corrected chi connectivity index (χ3v) is 2.11. The fourth-order valence-corrected chi connectivity index (χ4v) is 0.949. The number of hydrogen-bond acceptors (Lipinski definition) is 16. The highest BCUT2D eigenvalue weighted by molar-refractivity contribution is 5.77. The van der Waals surface area contributed by atoms with Crippen LogP contribution in [0.4, 0.5) is 9.59 Å². The summed E-state index contributed by atoms with van der Waals surface area (Å²) < 4.78 is 34.0. The van der Waals surface area contributed by atoms with Gasteiger partial charge in [0.2, 0.25) is 20.4 Å². The van der Waals surface area contributed by atoms with Crippen molar-refractivity contribution in [3.63, 3.8) is 0 Å². The van der Waals surface area contributed by atoms with Crippen LogP contribution in [-0.2, 0) is 57.1 Å². The number of carbonyl (C=O) groups excluding carboxylic acids is 6. The molecule has 164 valence electrons. The lowest BCUT2D eigenvalue weighted by molar-refractivity contribution is -0.167. The second-order valence-electron chi connectivity index (χ2n) is 4.10. The van der Waals surface area contributed by atoms with Crippen LogP contribution in [0.1, 0.15) is 0 Å². The zero-order valence-electron chi connectivity index (χ0n) is 14.6. The van der Waals surface area contributed by atoms with E-state index in [1.54, 1.807) is 0 Å². The van der Waals surface area contributed by atoms with Crippen molar-refractivity contribution >= 4 is 36.2 Å². The highest BCUT2D eigenvalue weighted by Crippen LogP contribution is 1.93. The van der Waals surface area contributed by atoms with Crippen molar-refractivity contribution in [2.75, 3.05) is 46.8 Å². The van der Waals surface area contributed by atoms with Crippen molar-refractivity contribution in [2.45, 2.75) is 0 Å². The Morgan fingerprint density at radius 2 is 0.759 bits per heavy atom. The highest BCUT2D eigenvalue weighted by Gasteiger charge is 2.12. The van der Waals surface area contributed by atoms with E-state index in [1.807, 2.05) is 0 Å². The lowest BCUT2D eigenvalue weighted by Crippen LogP contribution is -2.22. The molecule has 0 atom stereocenters. The van der Waals surface area contributed by atoms with Gasteiger partial charge in [0, 0.05) is 0 Å². The molecule has 0 aromatic heterocycles. The predicted molar refractivity (Wildman–Crippen MR) is 78.0 cm³/mol. The predicted octanol–water partition coefficient (Wildman–Crippen LogP) is -2.68. The van der Waals surface area contributed by atoms with Crippen molar-refractivity contribution < 1.29 is 76.9 Å². The molecule has 16 heteroatoms. The van der Waals surface area contributed by atoms with E-state index in [4.69, 9.17) is 10.2 Å². The Bertz CT molecular complexity index is 533. The molecule has 29 heavy (non-hydrogen) atoms. The zero-order chi connectivity index (χ0) is 22.1. The normalized spacial score (nSPS) is 9.45. The maximum Gasteiger partial charge on any atom is 0.514 e. The third-order valence-electron chi connectivity index (χ3n) is 2.11. The lowest BCUT2D eigenvalue weighted by atomic mass is 10.7. The van der Waals surface area contributed by atoms with Gasteiger partial charge in [0.05, 0.1) is 0 Å². The van der Waals surface area contributed by atoms with Crippen molar-refractivity contribution in [2.24, 2.45) is 0 Å². The Balaban J connectivity index is 3.69. The van der Waals surface area contributed by atoms with Gasteiger partial charge in [-0.15, -0.1) is 0 Å². The zero-order valence-corrected chi connectivity index (χ0v) is 14.6. The number of rotatable bonds is 12. The minimum absolute atomic E-state index is 0.818. The molecule has 0 saturated heterocycles. The molecule has 2 N–H and O–H groups in total. The van der Waals surface area contributed by atoms with E-state index in [0.717, 1.165) is 0 Å². The van der Waals surface area contributed by atoms with Crippen LogP contribution in [0.2, 0.25) is 0 Å². The summed E-state index contributed by atoms with van der Waals surface area (Å²) in [6.45, 7) is -6.28. The second-order valence-corrected chi connectivity index (χ2v) is 4.10. The standard InChI is InChI=1S/C13H16O16/c14-1-8(16)22-3-10(18)24-5-26-12(20)28-7-29-13(21)27-6-25-11(19)4-23-9(17)2-15/h14-15H,1-7H2. The molecule has 0 saturated carbocycles. The number of aliphatic hydroxyl groups is 2. The maximum absolute atomic E-state index is 11.1. The van der Waals surface area contributed by atoms with Gasteiger partial charge < -0.3 is 48.1 Å². The Hall–Kier alpha value is -3.66. The molecule has 0 bridgehead atoms. The van der Waals surface area contributed by atoms with Crippen molar-refractivity contribution in [3.8, 4) is 0 Å². The van der Waals surface area contributed by atoms with E-state index in [-0.39, 0.29) is 0 Å². The van der Waals surface area contributed by atoms with Gasteiger partial charge in [0.15, 0.2) is 13.2 Å². The molecule has 16 nitrogen and oxygen atoms in total. The van der Waals surface area contributed by atoms with Crippen LogP contribution in [0.5, 0.6) is 0 Å². The number of esters is 4. The molecule has 0 radical (unpaired) electrons. The topological polar surface area (TPSA) is 217 Å². The number of aliphatic hydroxyl groups excluding tert-OH is 2. The summed E-state index contributed by atoms with van der Waals surface area (Å²) in [7, 11) is 0. The van der Waals surface area contributed by atoms with E-state index < -0.39 is 83.0 Å². The largest absolute Gasteiger partial charge is 0.514 e. The van der Waals surface area contributed by atoms with E-state index in [2.05, 4.69) is 37.9 Å². The number of carbonyl (C=O) groups is 6. The SMILES string of the molecule is O=C(CO)OCC(=O)OCOC(=O)OCOC(=O)OCOC(=O)COC(=O)CO. The third kappa shape index (κ3) is 15.1. The van der Waals surface area contributed by atoms with Gasteiger partial charge in [0.1, 0.15) is 13.2 Å². The summed E-state index contributed by atoms with van der Waals surface area (Å²) in [5, 5.41) is 16.7. The molecule has 0 unspecified atom stereocenters. The van der Waals surface area contributed by atoms with Gasteiger partial charge >= 0.3 is 36.2 Å². The van der Waals surface area contributed by atoms with Crippen LogP contribution >= 0.6 is 0 Å². The molecule has 0 rings (SSSR count). The minimum atomic E-state index is -1.41. The van der Waals surface area contributed by atoms with Crippen LogP contribution in [0.3, 0.4) is 0 Å². The van der Waals surface area contributed by atoms with E-state index in [1.165, 1.54) is 0 Å². The van der Waals surface area contributed by atoms with Crippen LogP contribution in [0.15, 0.2) is 0 Å². The van der Waals surface area contributed by atoms with Gasteiger partial charge in [-0.1, -0.05) is 0 Å². The summed E-state index contributed by atoms with van der Waals surface area (Å²) in [6.07, 6.45) is -2.81. The summed E-state index contributed by atoms with van der Waals surface area (Å²) in [6, 6.07) is 0.